The number of carbonyl (C=O) groups excluding carboxylic acids is 2. The van der Waals surface area contributed by atoms with Gasteiger partial charge in [-0.15, -0.1) is 0 Å². The molecule has 4 atom stereocenters. The highest BCUT2D eigenvalue weighted by atomic mass is 32.1. The average Bonchev–Trinajstić information content (AvgIpc) is 3.33. The first-order valence-corrected chi connectivity index (χ1v) is 14.9. The van der Waals surface area contributed by atoms with Crippen LogP contribution in [0.1, 0.15) is 67.1 Å². The van der Waals surface area contributed by atoms with Crippen molar-refractivity contribution in [3.63, 3.8) is 0 Å². The van der Waals surface area contributed by atoms with Crippen LogP contribution in [0.3, 0.4) is 0 Å². The summed E-state index contributed by atoms with van der Waals surface area (Å²) in [6.07, 6.45) is 0. The van der Waals surface area contributed by atoms with Crippen molar-refractivity contribution in [1.29, 1.82) is 0 Å². The van der Waals surface area contributed by atoms with Gasteiger partial charge in [-0.1, -0.05) is 133 Å². The minimum absolute atomic E-state index is 0.339. The lowest BCUT2D eigenvalue weighted by Gasteiger charge is -2.36. The van der Waals surface area contributed by atoms with Crippen LogP contribution in [0.5, 0.6) is 0 Å². The maximum Gasteiger partial charge on any atom is 0.262 e. The Hall–Kier alpha value is -5.11. The maximum absolute atomic E-state index is 13.9. The Morgan fingerprint density at radius 3 is 1.36 bits per heavy atom. The molecule has 0 aliphatic carbocycles. The van der Waals surface area contributed by atoms with Crippen LogP contribution in [-0.2, 0) is 0 Å². The summed E-state index contributed by atoms with van der Waals surface area (Å²) >= 11 is 5.98. The molecular formula is C37H32N4O2S. The molecule has 0 bridgehead atoms. The van der Waals surface area contributed by atoms with Gasteiger partial charge in [0.2, 0.25) is 0 Å². The molecule has 1 aliphatic rings. The van der Waals surface area contributed by atoms with Gasteiger partial charge in [-0.05, 0) is 46.6 Å². The molecule has 0 spiro atoms. The molecule has 1 heterocycles. The number of nitrogens with zero attached hydrogens (tertiary/aromatic N) is 1. The number of amides is 2. The van der Waals surface area contributed by atoms with Crippen molar-refractivity contribution in [1.82, 2.24) is 15.5 Å². The number of benzene rings is 5. The van der Waals surface area contributed by atoms with Crippen molar-refractivity contribution in [2.75, 3.05) is 0 Å². The van der Waals surface area contributed by atoms with E-state index in [-0.39, 0.29) is 17.9 Å². The summed E-state index contributed by atoms with van der Waals surface area (Å²) in [5.41, 5.74) is 11.2. The summed E-state index contributed by atoms with van der Waals surface area (Å²) in [4.78, 5) is 29.1. The smallest absolute Gasteiger partial charge is 0.262 e. The Kier molecular flexibility index (Phi) is 8.59. The first-order chi connectivity index (χ1) is 21.5. The molecule has 0 saturated heterocycles. The maximum atomic E-state index is 13.9. The minimum Gasteiger partial charge on any atom is -0.354 e. The van der Waals surface area contributed by atoms with Crippen LogP contribution in [0.15, 0.2) is 146 Å². The molecule has 7 heteroatoms. The SMILES string of the molecule is N[C@H](c1ccccc1)[C@H](NC(=S)N[C@H](c1ccccc1)[C@@H](c1ccccc1)N1C(=O)c2ccccc2C1=O)c1ccccc1. The van der Waals surface area contributed by atoms with E-state index < -0.39 is 18.1 Å². The van der Waals surface area contributed by atoms with E-state index in [1.165, 1.54) is 4.90 Å². The van der Waals surface area contributed by atoms with Crippen molar-refractivity contribution >= 4 is 29.1 Å². The molecule has 1 aliphatic heterocycles. The molecule has 2 amide bonds. The number of thiocarbonyl (C=S) groups is 1. The number of nitrogens with two attached hydrogens (primary N) is 1. The highest BCUT2D eigenvalue weighted by Crippen LogP contribution is 2.39. The molecule has 218 valence electrons. The van der Waals surface area contributed by atoms with Gasteiger partial charge in [0, 0.05) is 0 Å². The summed E-state index contributed by atoms with van der Waals surface area (Å²) in [6.45, 7) is 0. The van der Waals surface area contributed by atoms with Gasteiger partial charge < -0.3 is 16.4 Å². The Morgan fingerprint density at radius 1 is 0.523 bits per heavy atom. The van der Waals surface area contributed by atoms with Crippen molar-refractivity contribution in [3.8, 4) is 0 Å². The van der Waals surface area contributed by atoms with Gasteiger partial charge in [0.25, 0.3) is 11.8 Å². The number of imide groups is 1. The predicted molar refractivity (Wildman–Crippen MR) is 177 cm³/mol. The third-order valence-electron chi connectivity index (χ3n) is 7.99. The average molecular weight is 597 g/mol. The number of hydrogen-bond acceptors (Lipinski definition) is 4. The predicted octanol–water partition coefficient (Wildman–Crippen LogP) is 6.67. The van der Waals surface area contributed by atoms with Gasteiger partial charge in [0.15, 0.2) is 5.11 Å². The summed E-state index contributed by atoms with van der Waals surface area (Å²) in [7, 11) is 0. The number of carbonyl (C=O) groups is 2. The van der Waals surface area contributed by atoms with Crippen molar-refractivity contribution in [3.05, 3.63) is 179 Å². The molecule has 6 nitrogen and oxygen atoms in total. The molecule has 5 aromatic rings. The van der Waals surface area contributed by atoms with Crippen molar-refractivity contribution in [2.24, 2.45) is 5.73 Å². The Labute approximate surface area is 262 Å². The van der Waals surface area contributed by atoms with Crippen molar-refractivity contribution in [2.45, 2.75) is 24.2 Å². The number of rotatable bonds is 9. The number of nitrogens with one attached hydrogen (secondary N) is 2. The largest absolute Gasteiger partial charge is 0.354 e. The van der Waals surface area contributed by atoms with Gasteiger partial charge in [-0.3, -0.25) is 14.5 Å². The van der Waals surface area contributed by atoms with E-state index in [0.29, 0.717) is 16.2 Å². The molecule has 0 aromatic heterocycles. The monoisotopic (exact) mass is 596 g/mol. The third-order valence-corrected chi connectivity index (χ3v) is 8.23. The van der Waals surface area contributed by atoms with Gasteiger partial charge in [-0.25, -0.2) is 0 Å². The van der Waals surface area contributed by atoms with E-state index in [0.717, 1.165) is 22.3 Å². The van der Waals surface area contributed by atoms with Crippen LogP contribution in [0, 0.1) is 0 Å². The molecule has 5 aromatic carbocycles. The normalized spacial score (nSPS) is 15.2. The molecule has 4 N–H and O–H groups in total. The molecule has 6 rings (SSSR count). The summed E-state index contributed by atoms with van der Waals surface area (Å²) < 4.78 is 0. The molecule has 0 unspecified atom stereocenters. The first-order valence-electron chi connectivity index (χ1n) is 14.5. The van der Waals surface area contributed by atoms with Crippen LogP contribution in [0.2, 0.25) is 0 Å². The van der Waals surface area contributed by atoms with E-state index in [1.807, 2.05) is 121 Å². The zero-order chi connectivity index (χ0) is 30.5. The van der Waals surface area contributed by atoms with E-state index in [4.69, 9.17) is 18.0 Å². The van der Waals surface area contributed by atoms with Crippen LogP contribution in [0.4, 0.5) is 0 Å². The topological polar surface area (TPSA) is 87.5 Å². The highest BCUT2D eigenvalue weighted by molar-refractivity contribution is 7.80. The zero-order valence-corrected chi connectivity index (χ0v) is 24.7. The fourth-order valence-corrected chi connectivity index (χ4v) is 6.09. The summed E-state index contributed by atoms with van der Waals surface area (Å²) in [5.74, 6) is -0.677. The fraction of sp³-hybridized carbons (Fsp3) is 0.108. The van der Waals surface area contributed by atoms with E-state index in [2.05, 4.69) is 10.6 Å². The lowest BCUT2D eigenvalue weighted by atomic mass is 9.91. The van der Waals surface area contributed by atoms with Crippen LogP contribution in [0.25, 0.3) is 0 Å². The molecule has 0 saturated carbocycles. The Morgan fingerprint density at radius 2 is 0.886 bits per heavy atom. The number of hydrogen-bond donors (Lipinski definition) is 3. The van der Waals surface area contributed by atoms with Crippen LogP contribution >= 0.6 is 12.2 Å². The van der Waals surface area contributed by atoms with E-state index in [1.54, 1.807) is 24.3 Å². The Balaban J connectivity index is 1.39. The lowest BCUT2D eigenvalue weighted by Crippen LogP contribution is -2.48. The van der Waals surface area contributed by atoms with Crippen LogP contribution in [-0.4, -0.2) is 21.8 Å². The van der Waals surface area contributed by atoms with Gasteiger partial charge in [0.1, 0.15) is 0 Å². The van der Waals surface area contributed by atoms with E-state index >= 15 is 0 Å². The summed E-state index contributed by atoms with van der Waals surface area (Å²) in [5, 5.41) is 7.32. The van der Waals surface area contributed by atoms with Gasteiger partial charge >= 0.3 is 0 Å². The highest BCUT2D eigenvalue weighted by Gasteiger charge is 2.44. The fourth-order valence-electron chi connectivity index (χ4n) is 5.84. The summed E-state index contributed by atoms with van der Waals surface area (Å²) in [6, 6.07) is 44.0. The standard InChI is InChI=1S/C37H32N4O2S/c38-31(25-15-5-1-6-16-25)32(26-17-7-2-8-18-26)39-37(44)40-33(27-19-9-3-10-20-27)34(28-21-11-4-12-22-28)41-35(42)29-23-13-14-24-30(29)36(41)43/h1-24,31-34H,38H2,(H2,39,40,44)/t31-,32-,33-,34-/m1/s1. The second-order valence-electron chi connectivity index (χ2n) is 10.7. The van der Waals surface area contributed by atoms with Crippen LogP contribution < -0.4 is 16.4 Å². The van der Waals surface area contributed by atoms with Crippen molar-refractivity contribution < 1.29 is 9.59 Å². The quantitative estimate of drug-likeness (QED) is 0.130. The molecular weight excluding hydrogens is 565 g/mol. The Bertz CT molecular complexity index is 1720. The molecule has 0 radical (unpaired) electrons. The minimum atomic E-state index is -0.705. The lowest BCUT2D eigenvalue weighted by molar-refractivity contribution is 0.0550. The zero-order valence-electron chi connectivity index (χ0n) is 23.9. The number of fused-ring (bicyclic) bond motifs is 1. The molecule has 0 fully saturated rings. The van der Waals surface area contributed by atoms with Gasteiger partial charge in [0.05, 0.1) is 35.3 Å². The second kappa shape index (κ2) is 13.0. The second-order valence-corrected chi connectivity index (χ2v) is 11.1. The molecule has 44 heavy (non-hydrogen) atoms. The third kappa shape index (κ3) is 5.88. The first kappa shape index (κ1) is 29.0. The van der Waals surface area contributed by atoms with Gasteiger partial charge in [-0.2, -0.15) is 0 Å². The van der Waals surface area contributed by atoms with E-state index in [9.17, 15) is 9.59 Å².